The van der Waals surface area contributed by atoms with Gasteiger partial charge in [-0.2, -0.15) is 0 Å². The normalized spacial score (nSPS) is 17.2. The fraction of sp³-hybridized carbons (Fsp3) is 0.231. The number of non-ortho nitro benzene ring substituents is 1. The van der Waals surface area contributed by atoms with Gasteiger partial charge in [-0.25, -0.2) is 9.78 Å². The lowest BCUT2D eigenvalue weighted by Crippen LogP contribution is -2.61. The van der Waals surface area contributed by atoms with Crippen LogP contribution in [0.3, 0.4) is 0 Å². The van der Waals surface area contributed by atoms with Crippen molar-refractivity contribution in [2.75, 3.05) is 13.7 Å². The number of aliphatic hydroxyl groups excluding tert-OH is 1. The minimum atomic E-state index is -0.885. The molecule has 3 aromatic rings. The first-order chi connectivity index (χ1) is 25.6. The summed E-state index contributed by atoms with van der Waals surface area (Å²) in [5.41, 5.74) is 3.45. The second-order valence-corrected chi connectivity index (χ2v) is 12.6. The van der Waals surface area contributed by atoms with Gasteiger partial charge in [0.15, 0.2) is 28.3 Å². The van der Waals surface area contributed by atoms with Gasteiger partial charge in [0.25, 0.3) is 5.69 Å². The van der Waals surface area contributed by atoms with Gasteiger partial charge < -0.3 is 33.4 Å². The molecule has 4 aliphatic rings. The standard InChI is InChI=1S/C39H33N3O11/c1-22(43)36-31-17-25(37(41(31)38(36)45)39(46)52-20-23-5-8-26(9-6-23)42(47)48)4-3-15-50-32-14-7-24(16-35(32)49-2)21-51-28-11-13-30-34(19-28)53-33-18-27(44)10-12-29(33)40-30/h3-14,16,18-19,22,31,36,43H,15,17,20-21H2,1-2H3/b4-3+/t22-,31-,36-/m1/s1. The molecule has 3 aliphatic heterocycles. The molecule has 0 radical (unpaired) electrons. The van der Waals surface area contributed by atoms with Gasteiger partial charge in [-0.15, -0.1) is 0 Å². The number of methoxy groups -OCH3 is 1. The minimum Gasteiger partial charge on any atom is -0.493 e. The third kappa shape index (κ3) is 7.17. The zero-order valence-corrected chi connectivity index (χ0v) is 28.6. The molecule has 1 aliphatic carbocycles. The molecule has 14 nitrogen and oxygen atoms in total. The van der Waals surface area contributed by atoms with Crippen molar-refractivity contribution in [3.05, 3.63) is 134 Å². The number of aliphatic hydroxyl groups is 1. The van der Waals surface area contributed by atoms with E-state index in [9.17, 15) is 29.6 Å². The van der Waals surface area contributed by atoms with Crippen molar-refractivity contribution in [3.63, 3.8) is 0 Å². The highest BCUT2D eigenvalue weighted by atomic mass is 16.6. The third-order valence-electron chi connectivity index (χ3n) is 9.08. The number of nitrogens with zero attached hydrogens (tertiary/aromatic N) is 3. The van der Waals surface area contributed by atoms with E-state index in [1.54, 1.807) is 55.5 Å². The molecule has 3 aromatic carbocycles. The monoisotopic (exact) mass is 719 g/mol. The first kappa shape index (κ1) is 34.9. The van der Waals surface area contributed by atoms with Gasteiger partial charge in [-0.3, -0.25) is 19.7 Å². The van der Waals surface area contributed by atoms with Crippen molar-refractivity contribution < 1.29 is 43.0 Å². The lowest BCUT2D eigenvalue weighted by atomic mass is 9.83. The summed E-state index contributed by atoms with van der Waals surface area (Å²) < 4.78 is 28.9. The number of ether oxygens (including phenoxy) is 4. The van der Waals surface area contributed by atoms with E-state index in [4.69, 9.17) is 23.4 Å². The number of hydrogen-bond donors (Lipinski definition) is 1. The highest BCUT2D eigenvalue weighted by Crippen LogP contribution is 2.44. The number of fused-ring (bicyclic) bond motifs is 3. The maximum Gasteiger partial charge on any atom is 0.355 e. The van der Waals surface area contributed by atoms with Gasteiger partial charge in [0.1, 0.15) is 42.5 Å². The molecule has 53 heavy (non-hydrogen) atoms. The SMILES string of the molecule is COc1cc(COc2ccc3nc4ccc(=O)cc-4oc3c2)ccc1OC/C=C/C1=C(C(=O)OCc2ccc([N+](=O)[O-])cc2)N2C(=O)[C@H]([C@@H](C)O)[C@H]2C1. The number of nitro benzene ring substituents is 1. The van der Waals surface area contributed by atoms with E-state index in [1.165, 1.54) is 48.4 Å². The number of carbonyl (C=O) groups excluding carboxylic acids is 2. The molecule has 1 amide bonds. The van der Waals surface area contributed by atoms with Crippen molar-refractivity contribution in [1.29, 1.82) is 0 Å². The van der Waals surface area contributed by atoms with Crippen molar-refractivity contribution in [1.82, 2.24) is 9.88 Å². The Labute approximate surface area is 302 Å². The molecule has 14 heteroatoms. The van der Waals surface area contributed by atoms with Crippen molar-refractivity contribution >= 4 is 28.7 Å². The van der Waals surface area contributed by atoms with Gasteiger partial charge >= 0.3 is 5.97 Å². The fourth-order valence-corrected chi connectivity index (χ4v) is 6.46. The largest absolute Gasteiger partial charge is 0.493 e. The van der Waals surface area contributed by atoms with Crippen molar-refractivity contribution in [2.45, 2.75) is 38.7 Å². The summed E-state index contributed by atoms with van der Waals surface area (Å²) >= 11 is 0. The number of amides is 1. The summed E-state index contributed by atoms with van der Waals surface area (Å²) in [4.78, 5) is 54.3. The Bertz CT molecular complexity index is 2310. The van der Waals surface area contributed by atoms with Gasteiger partial charge in [0.2, 0.25) is 5.91 Å². The lowest BCUT2D eigenvalue weighted by molar-refractivity contribution is -0.384. The lowest BCUT2D eigenvalue weighted by Gasteiger charge is -2.44. The number of hydrogen-bond acceptors (Lipinski definition) is 12. The molecule has 1 saturated heterocycles. The van der Waals surface area contributed by atoms with Crippen LogP contribution in [-0.4, -0.2) is 57.7 Å². The van der Waals surface area contributed by atoms with Crippen LogP contribution in [0.4, 0.5) is 5.69 Å². The molecule has 3 atom stereocenters. The minimum absolute atomic E-state index is 0.0854. The van der Waals surface area contributed by atoms with E-state index in [-0.39, 0.29) is 48.6 Å². The topological polar surface area (TPSA) is 181 Å². The summed E-state index contributed by atoms with van der Waals surface area (Å²) in [6.45, 7) is 1.72. The van der Waals surface area contributed by atoms with Crippen molar-refractivity contribution in [3.8, 4) is 28.7 Å². The van der Waals surface area contributed by atoms with E-state index in [2.05, 4.69) is 4.98 Å². The predicted molar refractivity (Wildman–Crippen MR) is 189 cm³/mol. The first-order valence-corrected chi connectivity index (χ1v) is 16.7. The Hall–Kier alpha value is -6.54. The Morgan fingerprint density at radius 2 is 1.81 bits per heavy atom. The molecule has 0 unspecified atom stereocenters. The molecule has 1 N–H and O–H groups in total. The highest BCUT2D eigenvalue weighted by Gasteiger charge is 2.56. The number of aromatic nitrogens is 1. The number of benzene rings is 4. The molecular weight excluding hydrogens is 686 g/mol. The zero-order valence-electron chi connectivity index (χ0n) is 28.6. The first-order valence-electron chi connectivity index (χ1n) is 16.7. The zero-order chi connectivity index (χ0) is 37.2. The van der Waals surface area contributed by atoms with Crippen LogP contribution >= 0.6 is 0 Å². The molecule has 3 heterocycles. The maximum atomic E-state index is 13.3. The number of allylic oxidation sites excluding steroid dienone is 1. The van der Waals surface area contributed by atoms with Gasteiger partial charge in [-0.05, 0) is 84.7 Å². The molecule has 270 valence electrons. The van der Waals surface area contributed by atoms with Gasteiger partial charge in [0, 0.05) is 24.3 Å². The number of esters is 1. The van der Waals surface area contributed by atoms with Gasteiger partial charge in [0.05, 0.1) is 30.1 Å². The number of β-lactam (4-membered cyclic amide) rings is 1. The van der Waals surface area contributed by atoms with Crippen LogP contribution in [0.5, 0.6) is 17.2 Å². The summed E-state index contributed by atoms with van der Waals surface area (Å²) in [6, 6.07) is 20.4. The summed E-state index contributed by atoms with van der Waals surface area (Å²) in [5.74, 6) is 0.169. The maximum absolute atomic E-state index is 13.3. The third-order valence-corrected chi connectivity index (χ3v) is 9.08. The van der Waals surface area contributed by atoms with E-state index >= 15 is 0 Å². The van der Waals surface area contributed by atoms with Crippen LogP contribution in [-0.2, 0) is 27.5 Å². The molecular formula is C39H33N3O11. The van der Waals surface area contributed by atoms with E-state index in [0.29, 0.717) is 57.4 Å². The van der Waals surface area contributed by atoms with Crippen LogP contribution in [0.15, 0.2) is 111 Å². The van der Waals surface area contributed by atoms with Crippen molar-refractivity contribution in [2.24, 2.45) is 5.92 Å². The average Bonchev–Trinajstić information content (AvgIpc) is 3.47. The predicted octanol–water partition coefficient (Wildman–Crippen LogP) is 5.33. The number of rotatable bonds is 13. The van der Waals surface area contributed by atoms with E-state index in [1.807, 2.05) is 6.07 Å². The highest BCUT2D eigenvalue weighted by molar-refractivity contribution is 6.01. The molecule has 0 spiro atoms. The molecule has 0 saturated carbocycles. The molecule has 1 fully saturated rings. The summed E-state index contributed by atoms with van der Waals surface area (Å²) in [6.07, 6.45) is 2.88. The van der Waals surface area contributed by atoms with Crippen LogP contribution in [0.2, 0.25) is 0 Å². The van der Waals surface area contributed by atoms with E-state index < -0.39 is 22.9 Å². The summed E-state index contributed by atoms with van der Waals surface area (Å²) in [5, 5.41) is 21.1. The molecule has 7 rings (SSSR count). The fourth-order valence-electron chi connectivity index (χ4n) is 6.46. The second-order valence-electron chi connectivity index (χ2n) is 12.6. The average molecular weight is 720 g/mol. The Kier molecular flexibility index (Phi) is 9.61. The van der Waals surface area contributed by atoms with Crippen LogP contribution < -0.4 is 19.6 Å². The van der Waals surface area contributed by atoms with Crippen LogP contribution in [0.1, 0.15) is 24.5 Å². The smallest absolute Gasteiger partial charge is 0.355 e. The van der Waals surface area contributed by atoms with E-state index in [0.717, 1.165) is 5.56 Å². The second kappa shape index (κ2) is 14.6. The Morgan fingerprint density at radius 1 is 1.02 bits per heavy atom. The summed E-state index contributed by atoms with van der Waals surface area (Å²) in [7, 11) is 1.52. The van der Waals surface area contributed by atoms with Crippen LogP contribution in [0, 0.1) is 16.0 Å². The Morgan fingerprint density at radius 3 is 2.57 bits per heavy atom. The quantitative estimate of drug-likeness (QED) is 0.0544. The van der Waals surface area contributed by atoms with Gasteiger partial charge in [-0.1, -0.05) is 12.1 Å². The number of nitro groups is 1. The van der Waals surface area contributed by atoms with Crippen LogP contribution in [0.25, 0.3) is 22.6 Å². The number of carbonyl (C=O) groups is 2. The molecule has 0 bridgehead atoms. The molecule has 0 aromatic heterocycles. The Balaban J connectivity index is 0.998.